The van der Waals surface area contributed by atoms with Crippen molar-refractivity contribution in [2.24, 2.45) is 10.2 Å². The molecule has 0 aromatic carbocycles. The SMILES string of the molecule is O=C1N=NCC(Br)C1=O. The van der Waals surface area contributed by atoms with E-state index in [1.54, 1.807) is 0 Å². The zero-order valence-corrected chi connectivity index (χ0v) is 5.96. The lowest BCUT2D eigenvalue weighted by Gasteiger charge is -2.04. The summed E-state index contributed by atoms with van der Waals surface area (Å²) < 4.78 is 0. The summed E-state index contributed by atoms with van der Waals surface area (Å²) in [5.74, 6) is -1.27. The van der Waals surface area contributed by atoms with Gasteiger partial charge >= 0.3 is 5.91 Å². The Morgan fingerprint density at radius 2 is 2.22 bits per heavy atom. The Morgan fingerprint density at radius 3 is 2.67 bits per heavy atom. The van der Waals surface area contributed by atoms with Crippen molar-refractivity contribution in [1.29, 1.82) is 0 Å². The van der Waals surface area contributed by atoms with Crippen molar-refractivity contribution < 1.29 is 9.59 Å². The number of hydrogen-bond acceptors (Lipinski definition) is 3. The molecule has 0 saturated carbocycles. The maximum atomic E-state index is 10.6. The minimum Gasteiger partial charge on any atom is -0.287 e. The maximum Gasteiger partial charge on any atom is 0.332 e. The van der Waals surface area contributed by atoms with Gasteiger partial charge in [0.15, 0.2) is 0 Å². The largest absolute Gasteiger partial charge is 0.332 e. The summed E-state index contributed by atoms with van der Waals surface area (Å²) in [5.41, 5.74) is 0. The van der Waals surface area contributed by atoms with E-state index in [4.69, 9.17) is 0 Å². The Balaban J connectivity index is 2.81. The summed E-state index contributed by atoms with van der Waals surface area (Å²) in [6.07, 6.45) is 0. The molecule has 1 aliphatic rings. The van der Waals surface area contributed by atoms with E-state index in [-0.39, 0.29) is 6.54 Å². The summed E-state index contributed by atoms with van der Waals surface area (Å²) >= 11 is 2.97. The second-order valence-electron chi connectivity index (χ2n) is 1.56. The summed E-state index contributed by atoms with van der Waals surface area (Å²) in [5, 5.41) is 6.47. The number of alkyl halides is 1. The minimum atomic E-state index is -0.761. The van der Waals surface area contributed by atoms with Crippen LogP contribution in [0.5, 0.6) is 0 Å². The number of Topliss-reactive ketones (excluding diaryl/α,β-unsaturated/α-hetero) is 1. The Labute approximate surface area is 59.5 Å². The number of rotatable bonds is 0. The molecule has 0 saturated heterocycles. The van der Waals surface area contributed by atoms with Crippen LogP contribution >= 0.6 is 15.9 Å². The first-order chi connectivity index (χ1) is 4.22. The van der Waals surface area contributed by atoms with E-state index in [9.17, 15) is 9.59 Å². The molecule has 0 spiro atoms. The van der Waals surface area contributed by atoms with Gasteiger partial charge in [0.05, 0.1) is 6.54 Å². The van der Waals surface area contributed by atoms with Crippen molar-refractivity contribution in [1.82, 2.24) is 0 Å². The molecule has 1 rings (SSSR count). The fourth-order valence-electron chi connectivity index (χ4n) is 0.443. The molecule has 48 valence electrons. The molecular formula is C4H3BrN2O2. The Kier molecular flexibility index (Phi) is 1.70. The van der Waals surface area contributed by atoms with E-state index in [0.29, 0.717) is 0 Å². The van der Waals surface area contributed by atoms with Crippen LogP contribution in [0.1, 0.15) is 0 Å². The quantitative estimate of drug-likeness (QED) is 0.408. The summed E-state index contributed by atoms with van der Waals surface area (Å²) in [4.78, 5) is 20.5. The van der Waals surface area contributed by atoms with Gasteiger partial charge in [-0.3, -0.25) is 9.59 Å². The number of azo groups is 1. The number of carbonyl (C=O) groups excluding carboxylic acids is 2. The highest BCUT2D eigenvalue weighted by molar-refractivity contribution is 9.10. The molecule has 1 aliphatic heterocycles. The highest BCUT2D eigenvalue weighted by Gasteiger charge is 2.25. The van der Waals surface area contributed by atoms with Gasteiger partial charge in [-0.1, -0.05) is 15.9 Å². The Morgan fingerprint density at radius 1 is 1.56 bits per heavy atom. The molecular weight excluding hydrogens is 188 g/mol. The van der Waals surface area contributed by atoms with Crippen LogP contribution in [-0.4, -0.2) is 23.1 Å². The Bertz CT molecular complexity index is 189. The first-order valence-corrected chi connectivity index (χ1v) is 3.23. The van der Waals surface area contributed by atoms with Gasteiger partial charge in [-0.15, -0.1) is 5.11 Å². The molecule has 5 heteroatoms. The van der Waals surface area contributed by atoms with Crippen LogP contribution < -0.4 is 0 Å². The minimum absolute atomic E-state index is 0.268. The third-order valence-electron chi connectivity index (χ3n) is 0.899. The lowest BCUT2D eigenvalue weighted by Crippen LogP contribution is -2.27. The summed E-state index contributed by atoms with van der Waals surface area (Å²) in [7, 11) is 0. The Hall–Kier alpha value is -0.580. The van der Waals surface area contributed by atoms with Gasteiger partial charge in [0, 0.05) is 0 Å². The number of nitrogens with zero attached hydrogens (tertiary/aromatic N) is 2. The predicted molar refractivity (Wildman–Crippen MR) is 32.5 cm³/mol. The van der Waals surface area contributed by atoms with E-state index in [2.05, 4.69) is 26.2 Å². The zero-order valence-electron chi connectivity index (χ0n) is 4.37. The van der Waals surface area contributed by atoms with Crippen LogP contribution in [0, 0.1) is 0 Å². The van der Waals surface area contributed by atoms with Crippen molar-refractivity contribution in [3.8, 4) is 0 Å². The molecule has 0 radical (unpaired) electrons. The molecule has 1 unspecified atom stereocenters. The van der Waals surface area contributed by atoms with Crippen LogP contribution in [0.25, 0.3) is 0 Å². The zero-order chi connectivity index (χ0) is 6.85. The lowest BCUT2D eigenvalue weighted by molar-refractivity contribution is -0.136. The van der Waals surface area contributed by atoms with Crippen molar-refractivity contribution in [3.05, 3.63) is 0 Å². The van der Waals surface area contributed by atoms with Crippen molar-refractivity contribution in [2.75, 3.05) is 6.54 Å². The summed E-state index contributed by atoms with van der Waals surface area (Å²) in [6, 6.07) is 0. The molecule has 1 heterocycles. The number of amides is 1. The second-order valence-corrected chi connectivity index (χ2v) is 2.67. The van der Waals surface area contributed by atoms with Gasteiger partial charge in [-0.05, 0) is 0 Å². The molecule has 0 N–H and O–H groups in total. The van der Waals surface area contributed by atoms with Gasteiger partial charge in [0.1, 0.15) is 4.83 Å². The second kappa shape index (κ2) is 2.34. The highest BCUT2D eigenvalue weighted by atomic mass is 79.9. The van der Waals surface area contributed by atoms with Crippen LogP contribution in [-0.2, 0) is 9.59 Å². The molecule has 0 aromatic rings. The van der Waals surface area contributed by atoms with E-state index in [1.165, 1.54) is 0 Å². The van der Waals surface area contributed by atoms with Gasteiger partial charge in [-0.2, -0.15) is 5.11 Å². The van der Waals surface area contributed by atoms with Crippen LogP contribution in [0.2, 0.25) is 0 Å². The third kappa shape index (κ3) is 1.21. The van der Waals surface area contributed by atoms with Gasteiger partial charge in [-0.25, -0.2) is 0 Å². The molecule has 1 atom stereocenters. The van der Waals surface area contributed by atoms with Gasteiger partial charge in [0.2, 0.25) is 5.78 Å². The van der Waals surface area contributed by atoms with Gasteiger partial charge < -0.3 is 0 Å². The van der Waals surface area contributed by atoms with Crippen LogP contribution in [0.15, 0.2) is 10.2 Å². The van der Waals surface area contributed by atoms with E-state index >= 15 is 0 Å². The molecule has 0 bridgehead atoms. The third-order valence-corrected chi connectivity index (χ3v) is 1.60. The van der Waals surface area contributed by atoms with Crippen LogP contribution in [0.4, 0.5) is 0 Å². The fourth-order valence-corrected chi connectivity index (χ4v) is 0.768. The van der Waals surface area contributed by atoms with Crippen molar-refractivity contribution in [3.63, 3.8) is 0 Å². The predicted octanol–water partition coefficient (Wildman–Crippen LogP) is 0.311. The van der Waals surface area contributed by atoms with Gasteiger partial charge in [0.25, 0.3) is 0 Å². The number of carbonyl (C=O) groups is 2. The standard InChI is InChI=1S/C4H3BrN2O2/c5-2-1-6-7-4(9)3(2)8/h2H,1H2. The first kappa shape index (κ1) is 6.54. The fraction of sp³-hybridized carbons (Fsp3) is 0.500. The number of ketones is 1. The molecule has 4 nitrogen and oxygen atoms in total. The number of halogens is 1. The molecule has 1 amide bonds. The molecule has 9 heavy (non-hydrogen) atoms. The maximum absolute atomic E-state index is 10.6. The summed E-state index contributed by atoms with van der Waals surface area (Å²) in [6.45, 7) is 0.268. The molecule has 0 fully saturated rings. The lowest BCUT2D eigenvalue weighted by atomic mass is 10.2. The van der Waals surface area contributed by atoms with E-state index in [0.717, 1.165) is 0 Å². The van der Waals surface area contributed by atoms with Crippen molar-refractivity contribution in [2.45, 2.75) is 4.83 Å². The number of hydrogen-bond donors (Lipinski definition) is 0. The topological polar surface area (TPSA) is 58.9 Å². The molecule has 0 aliphatic carbocycles. The first-order valence-electron chi connectivity index (χ1n) is 2.31. The monoisotopic (exact) mass is 190 g/mol. The highest BCUT2D eigenvalue weighted by Crippen LogP contribution is 2.07. The average Bonchev–Trinajstić information content (AvgIpc) is 1.83. The van der Waals surface area contributed by atoms with E-state index < -0.39 is 16.5 Å². The molecule has 0 aromatic heterocycles. The smallest absolute Gasteiger partial charge is 0.287 e. The van der Waals surface area contributed by atoms with Crippen LogP contribution in [0.3, 0.4) is 0 Å². The normalized spacial score (nSPS) is 27.0. The van der Waals surface area contributed by atoms with E-state index in [1.807, 2.05) is 0 Å². The van der Waals surface area contributed by atoms with Crippen molar-refractivity contribution >= 4 is 27.6 Å². The average molecular weight is 191 g/mol.